The molecule has 0 aromatic rings. The van der Waals surface area contributed by atoms with E-state index in [-0.39, 0.29) is 6.10 Å². The summed E-state index contributed by atoms with van der Waals surface area (Å²) in [6.07, 6.45) is 4.81. The van der Waals surface area contributed by atoms with Crippen molar-refractivity contribution in [3.8, 4) is 0 Å². The van der Waals surface area contributed by atoms with Crippen LogP contribution in [0.3, 0.4) is 0 Å². The molecule has 0 bridgehead atoms. The van der Waals surface area contributed by atoms with Crippen LogP contribution >= 0.6 is 0 Å². The third-order valence-electron chi connectivity index (χ3n) is 2.23. The number of piperidine rings is 1. The van der Waals surface area contributed by atoms with Crippen molar-refractivity contribution in [3.05, 3.63) is 0 Å². The van der Waals surface area contributed by atoms with E-state index in [4.69, 9.17) is 5.11 Å². The van der Waals surface area contributed by atoms with Crippen LogP contribution in [0.25, 0.3) is 0 Å². The lowest BCUT2D eigenvalue weighted by molar-refractivity contribution is 0.142. The van der Waals surface area contributed by atoms with Crippen molar-refractivity contribution in [2.45, 2.75) is 45.6 Å². The van der Waals surface area contributed by atoms with Gasteiger partial charge in [0.25, 0.3) is 0 Å². The normalized spacial score (nSPS) is 25.5. The fourth-order valence-electron chi connectivity index (χ4n) is 1.46. The van der Waals surface area contributed by atoms with Crippen LogP contribution in [0.2, 0.25) is 0 Å². The zero-order valence-corrected chi connectivity index (χ0v) is 9.68. The van der Waals surface area contributed by atoms with Crippen molar-refractivity contribution in [1.29, 1.82) is 0 Å². The minimum absolute atomic E-state index is 0.0752. The van der Waals surface area contributed by atoms with E-state index in [9.17, 15) is 0 Å². The Hall–Kier alpha value is -0.120. The minimum atomic E-state index is -0.0752. The van der Waals surface area contributed by atoms with Crippen molar-refractivity contribution in [2.75, 3.05) is 26.2 Å². The molecule has 3 nitrogen and oxygen atoms in total. The van der Waals surface area contributed by atoms with E-state index in [0.29, 0.717) is 0 Å². The SMILES string of the molecule is C1CCNC1.CC.OC1CCCNC1. The highest BCUT2D eigenvalue weighted by atomic mass is 16.3. The summed E-state index contributed by atoms with van der Waals surface area (Å²) in [5.41, 5.74) is 0. The van der Waals surface area contributed by atoms with E-state index in [1.165, 1.54) is 25.9 Å². The van der Waals surface area contributed by atoms with Gasteiger partial charge in [-0.2, -0.15) is 0 Å². The van der Waals surface area contributed by atoms with Gasteiger partial charge in [-0.25, -0.2) is 0 Å². The Morgan fingerprint density at radius 1 is 0.929 bits per heavy atom. The average molecular weight is 202 g/mol. The first-order valence-electron chi connectivity index (χ1n) is 5.99. The molecule has 2 aliphatic rings. The molecule has 3 heteroatoms. The van der Waals surface area contributed by atoms with Crippen molar-refractivity contribution in [2.24, 2.45) is 0 Å². The zero-order valence-electron chi connectivity index (χ0n) is 9.68. The van der Waals surface area contributed by atoms with Gasteiger partial charge < -0.3 is 15.7 Å². The molecule has 2 aliphatic heterocycles. The molecule has 0 spiro atoms. The summed E-state index contributed by atoms with van der Waals surface area (Å²) in [6, 6.07) is 0. The molecule has 2 fully saturated rings. The third kappa shape index (κ3) is 8.48. The van der Waals surface area contributed by atoms with Gasteiger partial charge in [-0.15, -0.1) is 0 Å². The van der Waals surface area contributed by atoms with Crippen LogP contribution in [0.4, 0.5) is 0 Å². The smallest absolute Gasteiger partial charge is 0.0665 e. The maximum Gasteiger partial charge on any atom is 0.0665 e. The molecule has 2 saturated heterocycles. The van der Waals surface area contributed by atoms with Crippen molar-refractivity contribution >= 4 is 0 Å². The Labute approximate surface area is 88.3 Å². The lowest BCUT2D eigenvalue weighted by Gasteiger charge is -2.16. The predicted octanol–water partition coefficient (Wildman–Crippen LogP) is 1.13. The Morgan fingerprint density at radius 3 is 1.71 bits per heavy atom. The van der Waals surface area contributed by atoms with Gasteiger partial charge in [0, 0.05) is 6.54 Å². The van der Waals surface area contributed by atoms with Crippen LogP contribution in [-0.2, 0) is 0 Å². The zero-order chi connectivity index (χ0) is 10.6. The second-order valence-corrected chi connectivity index (χ2v) is 3.46. The van der Waals surface area contributed by atoms with Gasteiger partial charge in [-0.3, -0.25) is 0 Å². The quantitative estimate of drug-likeness (QED) is 0.552. The van der Waals surface area contributed by atoms with Crippen molar-refractivity contribution in [1.82, 2.24) is 10.6 Å². The van der Waals surface area contributed by atoms with Crippen LogP contribution in [0, 0.1) is 0 Å². The van der Waals surface area contributed by atoms with Gasteiger partial charge >= 0.3 is 0 Å². The van der Waals surface area contributed by atoms with Crippen molar-refractivity contribution < 1.29 is 5.11 Å². The number of nitrogens with one attached hydrogen (secondary N) is 2. The van der Waals surface area contributed by atoms with E-state index in [1.54, 1.807) is 0 Å². The van der Waals surface area contributed by atoms with E-state index >= 15 is 0 Å². The lowest BCUT2D eigenvalue weighted by atomic mass is 10.1. The molecule has 1 unspecified atom stereocenters. The van der Waals surface area contributed by atoms with E-state index in [1.807, 2.05) is 13.8 Å². The molecule has 14 heavy (non-hydrogen) atoms. The molecule has 0 radical (unpaired) electrons. The highest BCUT2D eigenvalue weighted by Crippen LogP contribution is 1.98. The Kier molecular flexibility index (Phi) is 10.9. The van der Waals surface area contributed by atoms with Gasteiger partial charge in [-0.05, 0) is 45.3 Å². The van der Waals surface area contributed by atoms with Crippen LogP contribution in [0.5, 0.6) is 0 Å². The molecule has 3 N–H and O–H groups in total. The van der Waals surface area contributed by atoms with Crippen molar-refractivity contribution in [3.63, 3.8) is 0 Å². The molecule has 0 aromatic carbocycles. The van der Waals surface area contributed by atoms with Gasteiger partial charge in [0.2, 0.25) is 0 Å². The van der Waals surface area contributed by atoms with Gasteiger partial charge in [0.15, 0.2) is 0 Å². The molecule has 0 aliphatic carbocycles. The summed E-state index contributed by atoms with van der Waals surface area (Å²) in [7, 11) is 0. The number of aliphatic hydroxyl groups excluding tert-OH is 1. The van der Waals surface area contributed by atoms with Gasteiger partial charge in [-0.1, -0.05) is 13.8 Å². The lowest BCUT2D eigenvalue weighted by Crippen LogP contribution is -2.33. The van der Waals surface area contributed by atoms with E-state index in [0.717, 1.165) is 25.9 Å². The third-order valence-corrected chi connectivity index (χ3v) is 2.23. The maximum atomic E-state index is 8.85. The number of rotatable bonds is 0. The Bertz CT molecular complexity index is 91.9. The second-order valence-electron chi connectivity index (χ2n) is 3.46. The molecule has 0 aromatic heterocycles. The van der Waals surface area contributed by atoms with E-state index in [2.05, 4.69) is 10.6 Å². The summed E-state index contributed by atoms with van der Waals surface area (Å²) in [4.78, 5) is 0. The molecule has 2 heterocycles. The number of hydrogen-bond acceptors (Lipinski definition) is 3. The molecule has 2 rings (SSSR count). The highest BCUT2D eigenvalue weighted by Gasteiger charge is 2.06. The number of aliphatic hydroxyl groups is 1. The van der Waals surface area contributed by atoms with E-state index < -0.39 is 0 Å². The maximum absolute atomic E-state index is 8.85. The fraction of sp³-hybridized carbons (Fsp3) is 1.00. The summed E-state index contributed by atoms with van der Waals surface area (Å²) < 4.78 is 0. The minimum Gasteiger partial charge on any atom is -0.392 e. The molecular weight excluding hydrogens is 176 g/mol. The Morgan fingerprint density at radius 2 is 1.50 bits per heavy atom. The fourth-order valence-corrected chi connectivity index (χ4v) is 1.46. The van der Waals surface area contributed by atoms with Gasteiger partial charge in [0.05, 0.1) is 6.10 Å². The van der Waals surface area contributed by atoms with Crippen LogP contribution in [0.15, 0.2) is 0 Å². The monoisotopic (exact) mass is 202 g/mol. The standard InChI is InChI=1S/C5H11NO.C4H9N.C2H6/c7-5-2-1-3-6-4-5;1-2-4-5-3-1;1-2/h5-7H,1-4H2;5H,1-4H2;1-2H3. The first-order chi connectivity index (χ1) is 6.89. The topological polar surface area (TPSA) is 44.3 Å². The summed E-state index contributed by atoms with van der Waals surface area (Å²) >= 11 is 0. The van der Waals surface area contributed by atoms with Crippen LogP contribution < -0.4 is 10.6 Å². The first kappa shape index (κ1) is 13.9. The molecular formula is C11H26N2O. The summed E-state index contributed by atoms with van der Waals surface area (Å²) in [5.74, 6) is 0. The number of hydrogen-bond donors (Lipinski definition) is 3. The predicted molar refractivity (Wildman–Crippen MR) is 61.6 cm³/mol. The number of β-amino-alcohol motifs (C(OH)–C–C–N with tert-alkyl or cyclic N) is 1. The first-order valence-corrected chi connectivity index (χ1v) is 5.99. The average Bonchev–Trinajstić information content (AvgIpc) is 2.80. The molecule has 1 atom stereocenters. The summed E-state index contributed by atoms with van der Waals surface area (Å²) in [6.45, 7) is 8.37. The molecule has 0 saturated carbocycles. The summed E-state index contributed by atoms with van der Waals surface area (Å²) in [5, 5.41) is 15.2. The highest BCUT2D eigenvalue weighted by molar-refractivity contribution is 4.65. The molecule has 86 valence electrons. The largest absolute Gasteiger partial charge is 0.392 e. The van der Waals surface area contributed by atoms with Crippen LogP contribution in [-0.4, -0.2) is 37.4 Å². The molecule has 0 amide bonds. The second kappa shape index (κ2) is 11.0. The van der Waals surface area contributed by atoms with Crippen LogP contribution in [0.1, 0.15) is 39.5 Å². The Balaban J connectivity index is 0.000000213. The van der Waals surface area contributed by atoms with Gasteiger partial charge in [0.1, 0.15) is 0 Å².